The van der Waals surface area contributed by atoms with E-state index in [1.165, 1.54) is 5.75 Å². The van der Waals surface area contributed by atoms with Gasteiger partial charge in [-0.25, -0.2) is 0 Å². The molecule has 0 rings (SSSR count). The quantitative estimate of drug-likeness (QED) is 0.518. The average Bonchev–Trinajstić information content (AvgIpc) is 2.32. The van der Waals surface area contributed by atoms with Crippen LogP contribution in [0.4, 0.5) is 0 Å². The minimum Gasteiger partial charge on any atom is -0.178 e. The number of thioether (sulfide) groups is 2. The third-order valence-corrected chi connectivity index (χ3v) is 7.45. The van der Waals surface area contributed by atoms with E-state index in [0.29, 0.717) is 15.7 Å². The van der Waals surface area contributed by atoms with Gasteiger partial charge in [0.1, 0.15) is 0 Å². The van der Waals surface area contributed by atoms with Crippen LogP contribution in [-0.4, -0.2) is 38.8 Å². The molecular formula is C11H24S5. The van der Waals surface area contributed by atoms with Gasteiger partial charge in [0.25, 0.3) is 0 Å². The largest absolute Gasteiger partial charge is 0.178 e. The lowest BCUT2D eigenvalue weighted by Crippen LogP contribution is -2.14. The zero-order chi connectivity index (χ0) is 12.4. The second-order valence-corrected chi connectivity index (χ2v) is 8.03. The van der Waals surface area contributed by atoms with Crippen molar-refractivity contribution in [2.45, 2.75) is 42.4 Å². The fourth-order valence-electron chi connectivity index (χ4n) is 0.972. The Morgan fingerprint density at radius 2 is 1.50 bits per heavy atom. The van der Waals surface area contributed by atoms with Gasteiger partial charge in [-0.15, -0.1) is 0 Å². The molecule has 0 nitrogen and oxygen atoms in total. The van der Waals surface area contributed by atoms with E-state index < -0.39 is 0 Å². The first-order valence-corrected chi connectivity index (χ1v) is 9.67. The van der Waals surface area contributed by atoms with Gasteiger partial charge in [0.05, 0.1) is 0 Å². The van der Waals surface area contributed by atoms with Gasteiger partial charge in [0.15, 0.2) is 0 Å². The zero-order valence-electron chi connectivity index (χ0n) is 10.1. The van der Waals surface area contributed by atoms with E-state index >= 15 is 0 Å². The Balaban J connectivity index is 3.58. The van der Waals surface area contributed by atoms with Crippen LogP contribution in [0.2, 0.25) is 0 Å². The van der Waals surface area contributed by atoms with Crippen molar-refractivity contribution >= 4 is 61.4 Å². The third-order valence-electron chi connectivity index (χ3n) is 2.28. The molecule has 0 aromatic heterocycles. The highest BCUT2D eigenvalue weighted by atomic mass is 32.2. The standard InChI is InChI=1S/C11H24S5/c1-3-9(13)6-15-8-11(5-12)16-7-10(14)4-2/h9-14H,3-8H2,1-2H3. The van der Waals surface area contributed by atoms with Crippen LogP contribution >= 0.6 is 61.4 Å². The monoisotopic (exact) mass is 316 g/mol. The summed E-state index contributed by atoms with van der Waals surface area (Å²) in [5.74, 6) is 4.45. The molecule has 0 aliphatic rings. The summed E-state index contributed by atoms with van der Waals surface area (Å²) >= 11 is 17.5. The molecule has 0 aromatic rings. The van der Waals surface area contributed by atoms with Crippen LogP contribution in [0.1, 0.15) is 26.7 Å². The predicted molar refractivity (Wildman–Crippen MR) is 93.6 cm³/mol. The van der Waals surface area contributed by atoms with Crippen LogP contribution < -0.4 is 0 Å². The maximum absolute atomic E-state index is 4.52. The number of thiol groups is 3. The van der Waals surface area contributed by atoms with Crippen molar-refractivity contribution in [2.24, 2.45) is 0 Å². The summed E-state index contributed by atoms with van der Waals surface area (Å²) in [6.45, 7) is 4.38. The lowest BCUT2D eigenvalue weighted by molar-refractivity contribution is 0.918. The van der Waals surface area contributed by atoms with E-state index in [1.54, 1.807) is 0 Å². The van der Waals surface area contributed by atoms with Gasteiger partial charge in [-0.3, -0.25) is 0 Å². The Bertz CT molecular complexity index is 153. The van der Waals surface area contributed by atoms with Crippen LogP contribution in [0.5, 0.6) is 0 Å². The minimum absolute atomic E-state index is 0.533. The summed E-state index contributed by atoms with van der Waals surface area (Å²) < 4.78 is 0. The highest BCUT2D eigenvalue weighted by Crippen LogP contribution is 2.22. The van der Waals surface area contributed by atoms with Gasteiger partial charge < -0.3 is 0 Å². The Labute approximate surface area is 126 Å². The molecule has 3 atom stereocenters. The molecular weight excluding hydrogens is 292 g/mol. The van der Waals surface area contributed by atoms with E-state index in [9.17, 15) is 0 Å². The first-order valence-electron chi connectivity index (χ1n) is 5.80. The molecule has 0 bridgehead atoms. The summed E-state index contributed by atoms with van der Waals surface area (Å²) in [5.41, 5.74) is 0. The van der Waals surface area contributed by atoms with Gasteiger partial charge in [0, 0.05) is 38.8 Å². The Hall–Kier alpha value is 1.75. The van der Waals surface area contributed by atoms with E-state index in [2.05, 4.69) is 51.7 Å². The fourth-order valence-corrected chi connectivity index (χ4v) is 4.70. The highest BCUT2D eigenvalue weighted by molar-refractivity contribution is 8.04. The molecule has 0 N–H and O–H groups in total. The van der Waals surface area contributed by atoms with E-state index in [4.69, 9.17) is 0 Å². The van der Waals surface area contributed by atoms with Crippen LogP contribution in [-0.2, 0) is 0 Å². The maximum Gasteiger partial charge on any atom is 0.0226 e. The minimum atomic E-state index is 0.533. The lowest BCUT2D eigenvalue weighted by Gasteiger charge is -2.16. The highest BCUT2D eigenvalue weighted by Gasteiger charge is 2.10. The molecule has 16 heavy (non-hydrogen) atoms. The predicted octanol–water partition coefficient (Wildman–Crippen LogP) is 4.17. The molecule has 0 heterocycles. The fraction of sp³-hybridized carbons (Fsp3) is 1.00. The average molecular weight is 317 g/mol. The maximum atomic E-state index is 4.52. The van der Waals surface area contributed by atoms with Crippen molar-refractivity contribution in [2.75, 3.05) is 23.0 Å². The first-order chi connectivity index (χ1) is 7.63. The van der Waals surface area contributed by atoms with E-state index in [1.807, 2.05) is 23.5 Å². The summed E-state index contributed by atoms with van der Waals surface area (Å²) in [6, 6.07) is 0. The number of hydrogen-bond acceptors (Lipinski definition) is 5. The molecule has 0 saturated heterocycles. The molecule has 0 aliphatic heterocycles. The summed E-state index contributed by atoms with van der Waals surface area (Å²) in [6.07, 6.45) is 2.31. The van der Waals surface area contributed by atoms with Gasteiger partial charge in [-0.05, 0) is 12.8 Å². The molecule has 98 valence electrons. The van der Waals surface area contributed by atoms with Crippen LogP contribution in [0.3, 0.4) is 0 Å². The molecule has 0 aliphatic carbocycles. The summed E-state index contributed by atoms with van der Waals surface area (Å²) in [7, 11) is 0. The second kappa shape index (κ2) is 11.8. The van der Waals surface area contributed by atoms with Gasteiger partial charge >= 0.3 is 0 Å². The SMILES string of the molecule is CCC(S)CSCC(CS)SCC(S)CC. The molecule has 3 unspecified atom stereocenters. The van der Waals surface area contributed by atoms with Gasteiger partial charge in [0.2, 0.25) is 0 Å². The van der Waals surface area contributed by atoms with Gasteiger partial charge in [-0.1, -0.05) is 13.8 Å². The molecule has 0 fully saturated rings. The van der Waals surface area contributed by atoms with Crippen molar-refractivity contribution < 1.29 is 0 Å². The number of hydrogen-bond donors (Lipinski definition) is 3. The van der Waals surface area contributed by atoms with Crippen molar-refractivity contribution in [3.63, 3.8) is 0 Å². The van der Waals surface area contributed by atoms with Crippen molar-refractivity contribution in [3.8, 4) is 0 Å². The van der Waals surface area contributed by atoms with Crippen molar-refractivity contribution in [1.29, 1.82) is 0 Å². The third kappa shape index (κ3) is 9.75. The topological polar surface area (TPSA) is 0 Å². The van der Waals surface area contributed by atoms with Crippen molar-refractivity contribution in [3.05, 3.63) is 0 Å². The second-order valence-electron chi connectivity index (χ2n) is 3.80. The lowest BCUT2D eigenvalue weighted by atomic mass is 10.4. The van der Waals surface area contributed by atoms with Crippen LogP contribution in [0.25, 0.3) is 0 Å². The molecule has 5 heteroatoms. The van der Waals surface area contributed by atoms with Crippen LogP contribution in [0.15, 0.2) is 0 Å². The first kappa shape index (κ1) is 17.8. The van der Waals surface area contributed by atoms with Gasteiger partial charge in [-0.2, -0.15) is 61.4 Å². The normalized spacial score (nSPS) is 17.1. The molecule has 0 spiro atoms. The Morgan fingerprint density at radius 1 is 0.938 bits per heavy atom. The summed E-state index contributed by atoms with van der Waals surface area (Å²) in [4.78, 5) is 0. The molecule has 0 radical (unpaired) electrons. The van der Waals surface area contributed by atoms with Crippen LogP contribution in [0, 0.1) is 0 Å². The Morgan fingerprint density at radius 3 is 2.00 bits per heavy atom. The van der Waals surface area contributed by atoms with Crippen molar-refractivity contribution in [1.82, 2.24) is 0 Å². The van der Waals surface area contributed by atoms with E-state index in [-0.39, 0.29) is 0 Å². The zero-order valence-corrected chi connectivity index (χ0v) is 14.4. The smallest absolute Gasteiger partial charge is 0.0226 e. The molecule has 0 amide bonds. The summed E-state index contributed by atoms with van der Waals surface area (Å²) in [5, 5.41) is 1.74. The number of rotatable bonds is 10. The molecule has 0 saturated carbocycles. The Kier molecular flexibility index (Phi) is 13.1. The molecule has 0 aromatic carbocycles. The van der Waals surface area contributed by atoms with E-state index in [0.717, 1.165) is 30.1 Å².